The molecule has 2 rings (SSSR count). The lowest BCUT2D eigenvalue weighted by Gasteiger charge is -2.55. The number of ether oxygens (including phenoxy) is 2. The van der Waals surface area contributed by atoms with Gasteiger partial charge in [0.05, 0.1) is 0 Å². The number of carbonyl (C=O) groups is 2. The second-order valence-corrected chi connectivity index (χ2v) is 13.6. The van der Waals surface area contributed by atoms with Crippen molar-refractivity contribution in [3.05, 3.63) is 0 Å². The molecule has 6 heteroatoms. The van der Waals surface area contributed by atoms with Crippen molar-refractivity contribution in [1.82, 2.24) is 10.2 Å². The van der Waals surface area contributed by atoms with Crippen LogP contribution >= 0.6 is 0 Å². The molecule has 1 N–H and O–H groups in total. The summed E-state index contributed by atoms with van der Waals surface area (Å²) in [7, 11) is 0. The second-order valence-electron chi connectivity index (χ2n) is 13.6. The maximum atomic E-state index is 12.6. The van der Waals surface area contributed by atoms with E-state index in [1.165, 1.54) is 0 Å². The van der Waals surface area contributed by atoms with E-state index in [4.69, 9.17) is 9.47 Å². The number of likely N-dealkylation sites (tertiary alicyclic amines) is 1. The molecule has 0 aromatic carbocycles. The molecule has 0 atom stereocenters. The van der Waals surface area contributed by atoms with Crippen LogP contribution in [0.15, 0.2) is 0 Å². The van der Waals surface area contributed by atoms with Crippen LogP contribution in [0, 0.1) is 0 Å². The van der Waals surface area contributed by atoms with Crippen LogP contribution in [-0.4, -0.2) is 57.7 Å². The largest absolute Gasteiger partial charge is 0.462 e. The van der Waals surface area contributed by atoms with Crippen LogP contribution in [0.25, 0.3) is 0 Å². The van der Waals surface area contributed by atoms with Gasteiger partial charge >= 0.3 is 11.9 Å². The number of piperidine rings is 2. The first-order valence-corrected chi connectivity index (χ1v) is 14.0. The Balaban J connectivity index is 1.79. The molecule has 0 aliphatic carbocycles. The third kappa shape index (κ3) is 9.68. The minimum Gasteiger partial charge on any atom is -0.462 e. The molecule has 2 aliphatic heterocycles. The molecule has 0 aromatic heterocycles. The Bertz CT molecular complexity index is 679. The minimum atomic E-state index is -0.0734. The standard InChI is InChI=1S/C29H54N2O4/c1-10-11-12-15-24(32)35-23-20-28(6,7)31(29(8,9)21-23)17-14-13-16-25(33)34-22-18-26(2,3)30-27(4,5)19-22/h22-23,30H,10-21H2,1-9H3. The number of esters is 2. The van der Waals surface area contributed by atoms with E-state index in [2.05, 4.69) is 72.5 Å². The highest BCUT2D eigenvalue weighted by Gasteiger charge is 2.46. The quantitative estimate of drug-likeness (QED) is 0.274. The number of unbranched alkanes of at least 4 members (excludes halogenated alkanes) is 3. The van der Waals surface area contributed by atoms with E-state index in [9.17, 15) is 9.59 Å². The molecule has 2 heterocycles. The summed E-state index contributed by atoms with van der Waals surface area (Å²) in [6.45, 7) is 20.8. The molecule has 0 radical (unpaired) electrons. The Labute approximate surface area is 215 Å². The number of hydrogen-bond acceptors (Lipinski definition) is 6. The third-order valence-electron chi connectivity index (χ3n) is 7.66. The van der Waals surface area contributed by atoms with Crippen LogP contribution in [0.3, 0.4) is 0 Å². The zero-order chi connectivity index (χ0) is 26.5. The van der Waals surface area contributed by atoms with Gasteiger partial charge in [0.25, 0.3) is 0 Å². The summed E-state index contributed by atoms with van der Waals surface area (Å²) < 4.78 is 11.8. The van der Waals surface area contributed by atoms with E-state index in [1.807, 2.05) is 0 Å². The summed E-state index contributed by atoms with van der Waals surface area (Å²) >= 11 is 0. The SMILES string of the molecule is CCCCCC(=O)OC1CC(C)(C)N(CCCCC(=O)OC2CC(C)(C)NC(C)(C)C2)C(C)(C)C1. The number of hydrogen-bond donors (Lipinski definition) is 1. The fourth-order valence-electron chi connectivity index (χ4n) is 6.78. The Hall–Kier alpha value is -1.14. The van der Waals surface area contributed by atoms with Crippen molar-refractivity contribution >= 4 is 11.9 Å². The highest BCUT2D eigenvalue weighted by molar-refractivity contribution is 5.69. The predicted molar refractivity (Wildman–Crippen MR) is 142 cm³/mol. The summed E-state index contributed by atoms with van der Waals surface area (Å²) in [5.74, 6) is -0.127. The molecular weight excluding hydrogens is 440 g/mol. The first-order valence-electron chi connectivity index (χ1n) is 14.0. The van der Waals surface area contributed by atoms with Crippen LogP contribution < -0.4 is 5.32 Å². The van der Waals surface area contributed by atoms with Gasteiger partial charge in [0.15, 0.2) is 0 Å². The van der Waals surface area contributed by atoms with Crippen molar-refractivity contribution in [2.24, 2.45) is 0 Å². The molecular formula is C29H54N2O4. The summed E-state index contributed by atoms with van der Waals surface area (Å²) in [6, 6.07) is 0. The Morgan fingerprint density at radius 2 is 1.14 bits per heavy atom. The van der Waals surface area contributed by atoms with Gasteiger partial charge in [-0.3, -0.25) is 14.5 Å². The second kappa shape index (κ2) is 11.9. The average Bonchev–Trinajstić information content (AvgIpc) is 2.63. The normalized spacial score (nSPS) is 24.1. The fraction of sp³-hybridized carbons (Fsp3) is 0.931. The molecule has 204 valence electrons. The number of carbonyl (C=O) groups excluding carboxylic acids is 2. The summed E-state index contributed by atoms with van der Waals surface area (Å²) in [6.07, 6.45) is 9.22. The van der Waals surface area contributed by atoms with Crippen molar-refractivity contribution in [3.63, 3.8) is 0 Å². The van der Waals surface area contributed by atoms with Crippen LogP contribution in [0.4, 0.5) is 0 Å². The van der Waals surface area contributed by atoms with Gasteiger partial charge in [-0.2, -0.15) is 0 Å². The van der Waals surface area contributed by atoms with Gasteiger partial charge in [-0.25, -0.2) is 0 Å². The van der Waals surface area contributed by atoms with Crippen molar-refractivity contribution in [2.75, 3.05) is 6.54 Å². The van der Waals surface area contributed by atoms with E-state index in [1.54, 1.807) is 0 Å². The van der Waals surface area contributed by atoms with E-state index in [0.717, 1.165) is 64.3 Å². The lowest BCUT2D eigenvalue weighted by atomic mass is 9.78. The number of rotatable bonds is 11. The highest BCUT2D eigenvalue weighted by Crippen LogP contribution is 2.40. The van der Waals surface area contributed by atoms with Gasteiger partial charge in [0.2, 0.25) is 0 Å². The first kappa shape index (κ1) is 30.1. The fourth-order valence-corrected chi connectivity index (χ4v) is 6.78. The van der Waals surface area contributed by atoms with Crippen molar-refractivity contribution in [2.45, 2.75) is 167 Å². The lowest BCUT2D eigenvalue weighted by molar-refractivity contribution is -0.160. The summed E-state index contributed by atoms with van der Waals surface area (Å²) in [4.78, 5) is 27.4. The van der Waals surface area contributed by atoms with Gasteiger partial charge in [0.1, 0.15) is 12.2 Å². The van der Waals surface area contributed by atoms with E-state index >= 15 is 0 Å². The molecule has 2 fully saturated rings. The van der Waals surface area contributed by atoms with Gasteiger partial charge in [-0.15, -0.1) is 0 Å². The molecule has 35 heavy (non-hydrogen) atoms. The van der Waals surface area contributed by atoms with Crippen LogP contribution in [-0.2, 0) is 19.1 Å². The van der Waals surface area contributed by atoms with E-state index in [0.29, 0.717) is 12.8 Å². The van der Waals surface area contributed by atoms with Gasteiger partial charge in [0, 0.05) is 60.7 Å². The summed E-state index contributed by atoms with van der Waals surface area (Å²) in [5.41, 5.74) is -0.189. The van der Waals surface area contributed by atoms with Crippen LogP contribution in [0.5, 0.6) is 0 Å². The van der Waals surface area contributed by atoms with E-state index in [-0.39, 0.29) is 46.3 Å². The highest BCUT2D eigenvalue weighted by atomic mass is 16.5. The molecule has 0 spiro atoms. The molecule has 0 amide bonds. The van der Waals surface area contributed by atoms with Gasteiger partial charge < -0.3 is 14.8 Å². The zero-order valence-electron chi connectivity index (χ0n) is 24.2. The van der Waals surface area contributed by atoms with Crippen LogP contribution in [0.1, 0.15) is 133 Å². The van der Waals surface area contributed by atoms with Crippen molar-refractivity contribution in [1.29, 1.82) is 0 Å². The minimum absolute atomic E-state index is 0.0182. The number of nitrogens with zero attached hydrogens (tertiary/aromatic N) is 1. The molecule has 0 saturated carbocycles. The Morgan fingerprint density at radius 3 is 1.60 bits per heavy atom. The number of nitrogens with one attached hydrogen (secondary N) is 1. The maximum Gasteiger partial charge on any atom is 0.306 e. The predicted octanol–water partition coefficient (Wildman–Crippen LogP) is 6.15. The molecule has 2 aliphatic rings. The molecule has 0 bridgehead atoms. The topological polar surface area (TPSA) is 67.9 Å². The molecule has 0 aromatic rings. The third-order valence-corrected chi connectivity index (χ3v) is 7.66. The van der Waals surface area contributed by atoms with Crippen molar-refractivity contribution in [3.8, 4) is 0 Å². The molecule has 6 nitrogen and oxygen atoms in total. The van der Waals surface area contributed by atoms with Crippen molar-refractivity contribution < 1.29 is 19.1 Å². The van der Waals surface area contributed by atoms with Gasteiger partial charge in [-0.05, 0) is 81.2 Å². The Morgan fingerprint density at radius 1 is 0.714 bits per heavy atom. The maximum absolute atomic E-state index is 12.6. The van der Waals surface area contributed by atoms with Gasteiger partial charge in [-0.1, -0.05) is 19.8 Å². The van der Waals surface area contributed by atoms with Crippen LogP contribution in [0.2, 0.25) is 0 Å². The molecule has 0 unspecified atom stereocenters. The zero-order valence-corrected chi connectivity index (χ0v) is 24.2. The average molecular weight is 495 g/mol. The summed E-state index contributed by atoms with van der Waals surface area (Å²) in [5, 5.41) is 3.64. The molecule has 2 saturated heterocycles. The Kier molecular flexibility index (Phi) is 10.3. The van der Waals surface area contributed by atoms with E-state index < -0.39 is 0 Å². The lowest BCUT2D eigenvalue weighted by Crippen LogP contribution is -2.62. The smallest absolute Gasteiger partial charge is 0.306 e. The first-order chi connectivity index (χ1) is 16.1. The monoisotopic (exact) mass is 494 g/mol.